The van der Waals surface area contributed by atoms with Gasteiger partial charge in [-0.15, -0.1) is 0 Å². The summed E-state index contributed by atoms with van der Waals surface area (Å²) in [6, 6.07) is 2.21. The summed E-state index contributed by atoms with van der Waals surface area (Å²) >= 11 is 0. The van der Waals surface area contributed by atoms with Gasteiger partial charge in [0.1, 0.15) is 11.5 Å². The Morgan fingerprint density at radius 2 is 2.44 bits per heavy atom. The Morgan fingerprint density at radius 1 is 1.69 bits per heavy atom. The van der Waals surface area contributed by atoms with Gasteiger partial charge in [0.15, 0.2) is 0 Å². The first-order valence-corrected chi connectivity index (χ1v) is 4.78. The first kappa shape index (κ1) is 12.5. The van der Waals surface area contributed by atoms with Gasteiger partial charge in [-0.25, -0.2) is 9.37 Å². The molecule has 0 fully saturated rings. The van der Waals surface area contributed by atoms with Crippen LogP contribution in [0, 0.1) is 5.82 Å². The summed E-state index contributed by atoms with van der Waals surface area (Å²) in [5.74, 6) is -0.878. The lowest BCUT2D eigenvalue weighted by Crippen LogP contribution is -2.43. The van der Waals surface area contributed by atoms with Gasteiger partial charge in [0.05, 0.1) is 18.8 Å². The number of halogens is 1. The van der Waals surface area contributed by atoms with Gasteiger partial charge >= 0.3 is 0 Å². The van der Waals surface area contributed by atoms with Crippen molar-refractivity contribution in [1.29, 1.82) is 0 Å². The Bertz CT molecular complexity index is 342. The van der Waals surface area contributed by atoms with Crippen LogP contribution in [0.3, 0.4) is 0 Å². The molecule has 1 atom stereocenters. The minimum absolute atomic E-state index is 0.149. The van der Waals surface area contributed by atoms with E-state index in [1.807, 2.05) is 0 Å². The second-order valence-corrected chi connectivity index (χ2v) is 3.22. The van der Waals surface area contributed by atoms with E-state index in [1.54, 1.807) is 0 Å². The number of carbonyl (C=O) groups excluding carboxylic acids is 1. The van der Waals surface area contributed by atoms with Crippen LogP contribution in [0.4, 0.5) is 4.39 Å². The molecule has 3 N–H and O–H groups in total. The number of carbonyl (C=O) groups is 1. The van der Waals surface area contributed by atoms with E-state index in [2.05, 4.69) is 10.3 Å². The maximum absolute atomic E-state index is 12.6. The van der Waals surface area contributed by atoms with Gasteiger partial charge in [-0.3, -0.25) is 4.79 Å². The smallest absolute Gasteiger partial charge is 0.270 e. The summed E-state index contributed by atoms with van der Waals surface area (Å²) < 4.78 is 17.4. The fourth-order valence-corrected chi connectivity index (χ4v) is 1.14. The molecular formula is C10H14FN3O2. The number of methoxy groups -OCH3 is 1. The molecule has 1 rings (SSSR count). The van der Waals surface area contributed by atoms with Crippen molar-refractivity contribution in [2.24, 2.45) is 5.73 Å². The van der Waals surface area contributed by atoms with Crippen molar-refractivity contribution in [1.82, 2.24) is 10.3 Å². The summed E-state index contributed by atoms with van der Waals surface area (Å²) in [6.45, 7) is 0.588. The molecule has 0 saturated heterocycles. The Morgan fingerprint density at radius 3 is 2.94 bits per heavy atom. The molecule has 1 aromatic heterocycles. The molecule has 1 amide bonds. The number of amides is 1. The molecule has 5 nitrogen and oxygen atoms in total. The Balaban J connectivity index is 2.60. The predicted octanol–water partition coefficient (Wildman–Crippen LogP) is -0.0758. The molecule has 6 heteroatoms. The third-order valence-corrected chi connectivity index (χ3v) is 1.95. The van der Waals surface area contributed by atoms with E-state index in [4.69, 9.17) is 10.5 Å². The number of aromatic nitrogens is 1. The third-order valence-electron chi connectivity index (χ3n) is 1.95. The minimum Gasteiger partial charge on any atom is -0.383 e. The average Bonchev–Trinajstić information content (AvgIpc) is 2.29. The molecule has 0 saturated carbocycles. The number of hydrogen-bond acceptors (Lipinski definition) is 4. The Kier molecular flexibility index (Phi) is 4.81. The van der Waals surface area contributed by atoms with Crippen molar-refractivity contribution >= 4 is 5.91 Å². The number of nitrogens with zero attached hydrogens (tertiary/aromatic N) is 1. The summed E-state index contributed by atoms with van der Waals surface area (Å²) in [7, 11) is 1.52. The van der Waals surface area contributed by atoms with E-state index >= 15 is 0 Å². The van der Waals surface area contributed by atoms with Gasteiger partial charge < -0.3 is 15.8 Å². The van der Waals surface area contributed by atoms with Crippen molar-refractivity contribution in [2.75, 3.05) is 20.3 Å². The maximum Gasteiger partial charge on any atom is 0.270 e. The van der Waals surface area contributed by atoms with E-state index in [0.717, 1.165) is 6.20 Å². The van der Waals surface area contributed by atoms with Crippen LogP contribution in [-0.4, -0.2) is 37.2 Å². The van der Waals surface area contributed by atoms with E-state index in [-0.39, 0.29) is 18.3 Å². The quantitative estimate of drug-likeness (QED) is 0.737. The summed E-state index contributed by atoms with van der Waals surface area (Å²) in [4.78, 5) is 15.2. The molecule has 0 aliphatic carbocycles. The number of ether oxygens (including phenoxy) is 1. The van der Waals surface area contributed by atoms with Gasteiger partial charge in [-0.05, 0) is 12.1 Å². The number of hydrogen-bond donors (Lipinski definition) is 2. The highest BCUT2D eigenvalue weighted by Crippen LogP contribution is 1.98. The fraction of sp³-hybridized carbons (Fsp3) is 0.400. The molecule has 16 heavy (non-hydrogen) atoms. The van der Waals surface area contributed by atoms with Crippen LogP contribution in [0.1, 0.15) is 10.5 Å². The number of pyridine rings is 1. The summed E-state index contributed by atoms with van der Waals surface area (Å²) in [5, 5.41) is 2.63. The van der Waals surface area contributed by atoms with E-state index in [0.29, 0.717) is 6.61 Å². The highest BCUT2D eigenvalue weighted by molar-refractivity contribution is 5.92. The molecule has 0 aliphatic heterocycles. The largest absolute Gasteiger partial charge is 0.383 e. The van der Waals surface area contributed by atoms with Gasteiger partial charge in [-0.1, -0.05) is 0 Å². The molecule has 0 radical (unpaired) electrons. The second-order valence-electron chi connectivity index (χ2n) is 3.22. The fourth-order valence-electron chi connectivity index (χ4n) is 1.14. The predicted molar refractivity (Wildman–Crippen MR) is 56.4 cm³/mol. The monoisotopic (exact) mass is 227 g/mol. The van der Waals surface area contributed by atoms with Gasteiger partial charge in [0.2, 0.25) is 0 Å². The minimum atomic E-state index is -0.483. The first-order valence-electron chi connectivity index (χ1n) is 4.78. The SMILES string of the molecule is COCC(CN)NC(=O)c1ccc(F)cn1. The third kappa shape index (κ3) is 3.56. The number of rotatable bonds is 5. The number of nitrogens with two attached hydrogens (primary N) is 1. The van der Waals surface area contributed by atoms with Crippen molar-refractivity contribution < 1.29 is 13.9 Å². The number of nitrogens with one attached hydrogen (secondary N) is 1. The van der Waals surface area contributed by atoms with E-state index < -0.39 is 11.7 Å². The van der Waals surface area contributed by atoms with Crippen molar-refractivity contribution in [2.45, 2.75) is 6.04 Å². The molecule has 0 spiro atoms. The lowest BCUT2D eigenvalue weighted by Gasteiger charge is -2.15. The second kappa shape index (κ2) is 6.14. The van der Waals surface area contributed by atoms with Crippen molar-refractivity contribution in [3.8, 4) is 0 Å². The lowest BCUT2D eigenvalue weighted by atomic mass is 10.2. The van der Waals surface area contributed by atoms with Crippen LogP contribution in [-0.2, 0) is 4.74 Å². The van der Waals surface area contributed by atoms with E-state index in [1.165, 1.54) is 19.2 Å². The molecular weight excluding hydrogens is 213 g/mol. The van der Waals surface area contributed by atoms with Crippen LogP contribution >= 0.6 is 0 Å². The summed E-state index contributed by atoms with van der Waals surface area (Å²) in [5.41, 5.74) is 5.58. The zero-order valence-corrected chi connectivity index (χ0v) is 8.94. The molecule has 1 aromatic rings. The maximum atomic E-state index is 12.6. The molecule has 1 heterocycles. The summed E-state index contributed by atoms with van der Waals surface area (Å²) in [6.07, 6.45) is 0.989. The zero-order valence-electron chi connectivity index (χ0n) is 8.94. The molecule has 88 valence electrons. The van der Waals surface area contributed by atoms with Crippen LogP contribution in [0.5, 0.6) is 0 Å². The normalized spacial score (nSPS) is 12.2. The van der Waals surface area contributed by atoms with Crippen LogP contribution in [0.2, 0.25) is 0 Å². The molecule has 0 aliphatic rings. The molecule has 0 bridgehead atoms. The van der Waals surface area contributed by atoms with Crippen LogP contribution in [0.15, 0.2) is 18.3 Å². The molecule has 1 unspecified atom stereocenters. The first-order chi connectivity index (χ1) is 7.67. The van der Waals surface area contributed by atoms with E-state index in [9.17, 15) is 9.18 Å². The topological polar surface area (TPSA) is 77.2 Å². The highest BCUT2D eigenvalue weighted by atomic mass is 19.1. The standard InChI is InChI=1S/C10H14FN3O2/c1-16-6-8(4-12)14-10(15)9-3-2-7(11)5-13-9/h2-3,5,8H,4,6,12H2,1H3,(H,14,15). The Hall–Kier alpha value is -1.53. The highest BCUT2D eigenvalue weighted by Gasteiger charge is 2.12. The molecule has 0 aromatic carbocycles. The van der Waals surface area contributed by atoms with Gasteiger partial charge in [-0.2, -0.15) is 0 Å². The van der Waals surface area contributed by atoms with Crippen molar-refractivity contribution in [3.63, 3.8) is 0 Å². The Labute approximate surface area is 92.8 Å². The van der Waals surface area contributed by atoms with Gasteiger partial charge in [0, 0.05) is 13.7 Å². The van der Waals surface area contributed by atoms with Gasteiger partial charge in [0.25, 0.3) is 5.91 Å². The van der Waals surface area contributed by atoms with Crippen LogP contribution in [0.25, 0.3) is 0 Å². The van der Waals surface area contributed by atoms with Crippen molar-refractivity contribution in [3.05, 3.63) is 29.8 Å². The lowest BCUT2D eigenvalue weighted by molar-refractivity contribution is 0.0895. The zero-order chi connectivity index (χ0) is 12.0. The average molecular weight is 227 g/mol. The van der Waals surface area contributed by atoms with Crippen LogP contribution < -0.4 is 11.1 Å².